The largest absolute Gasteiger partial charge is 0.300 e. The SMILES string of the molecule is CCCN(CC1CC1)C(C)CCC(=O)NN. The first kappa shape index (κ1) is 13.5. The van der Waals surface area contributed by atoms with Gasteiger partial charge in [-0.05, 0) is 45.1 Å². The van der Waals surface area contributed by atoms with Crippen LogP contribution in [-0.2, 0) is 4.79 Å². The lowest BCUT2D eigenvalue weighted by molar-refractivity contribution is -0.121. The van der Waals surface area contributed by atoms with Crippen molar-refractivity contribution in [2.45, 2.75) is 52.0 Å². The number of nitrogens with zero attached hydrogens (tertiary/aromatic N) is 1. The van der Waals surface area contributed by atoms with Gasteiger partial charge in [0.2, 0.25) is 5.91 Å². The van der Waals surface area contributed by atoms with Gasteiger partial charge in [-0.25, -0.2) is 5.84 Å². The molecule has 4 heteroatoms. The van der Waals surface area contributed by atoms with Crippen molar-refractivity contribution in [2.75, 3.05) is 13.1 Å². The van der Waals surface area contributed by atoms with E-state index in [1.54, 1.807) is 0 Å². The van der Waals surface area contributed by atoms with Gasteiger partial charge in [-0.1, -0.05) is 6.92 Å². The molecule has 0 aliphatic heterocycles. The Hall–Kier alpha value is -0.610. The first-order valence-electron chi connectivity index (χ1n) is 6.40. The molecule has 16 heavy (non-hydrogen) atoms. The van der Waals surface area contributed by atoms with Gasteiger partial charge in [0.25, 0.3) is 0 Å². The Morgan fingerprint density at radius 3 is 2.75 bits per heavy atom. The van der Waals surface area contributed by atoms with Gasteiger partial charge in [-0.15, -0.1) is 0 Å². The van der Waals surface area contributed by atoms with Crippen molar-refractivity contribution in [3.8, 4) is 0 Å². The minimum atomic E-state index is -0.0604. The second kappa shape index (κ2) is 6.86. The predicted octanol–water partition coefficient (Wildman–Crippen LogP) is 1.27. The summed E-state index contributed by atoms with van der Waals surface area (Å²) in [7, 11) is 0. The molecule has 1 atom stereocenters. The summed E-state index contributed by atoms with van der Waals surface area (Å²) in [6.07, 6.45) is 5.38. The third-order valence-corrected chi connectivity index (χ3v) is 3.27. The second-order valence-corrected chi connectivity index (χ2v) is 4.89. The Morgan fingerprint density at radius 1 is 1.56 bits per heavy atom. The van der Waals surface area contributed by atoms with E-state index in [9.17, 15) is 4.79 Å². The van der Waals surface area contributed by atoms with Crippen LogP contribution in [0.5, 0.6) is 0 Å². The van der Waals surface area contributed by atoms with Crippen LogP contribution in [0.25, 0.3) is 0 Å². The van der Waals surface area contributed by atoms with Crippen molar-refractivity contribution in [3.63, 3.8) is 0 Å². The minimum absolute atomic E-state index is 0.0604. The average Bonchev–Trinajstić information content (AvgIpc) is 3.08. The van der Waals surface area contributed by atoms with Gasteiger partial charge in [0.1, 0.15) is 0 Å². The lowest BCUT2D eigenvalue weighted by atomic mass is 10.1. The summed E-state index contributed by atoms with van der Waals surface area (Å²) in [6.45, 7) is 6.77. The maximum absolute atomic E-state index is 11.1. The molecule has 0 saturated heterocycles. The number of nitrogens with two attached hydrogens (primary N) is 1. The Kier molecular flexibility index (Phi) is 5.77. The van der Waals surface area contributed by atoms with Gasteiger partial charge < -0.3 is 4.90 Å². The smallest absolute Gasteiger partial charge is 0.233 e. The third kappa shape index (κ3) is 4.94. The van der Waals surface area contributed by atoms with Crippen molar-refractivity contribution < 1.29 is 4.79 Å². The fourth-order valence-electron chi connectivity index (χ4n) is 2.01. The van der Waals surface area contributed by atoms with Crippen LogP contribution in [-0.4, -0.2) is 29.9 Å². The van der Waals surface area contributed by atoms with Crippen molar-refractivity contribution >= 4 is 5.91 Å². The number of carbonyl (C=O) groups is 1. The zero-order chi connectivity index (χ0) is 12.0. The highest BCUT2D eigenvalue weighted by atomic mass is 16.2. The molecular weight excluding hydrogens is 202 g/mol. The maximum Gasteiger partial charge on any atom is 0.233 e. The van der Waals surface area contributed by atoms with Gasteiger partial charge in [0.05, 0.1) is 0 Å². The van der Waals surface area contributed by atoms with E-state index >= 15 is 0 Å². The first-order valence-corrected chi connectivity index (χ1v) is 6.40. The van der Waals surface area contributed by atoms with Crippen molar-refractivity contribution in [1.29, 1.82) is 0 Å². The fraction of sp³-hybridized carbons (Fsp3) is 0.917. The molecule has 0 spiro atoms. The third-order valence-electron chi connectivity index (χ3n) is 3.27. The van der Waals surface area contributed by atoms with Gasteiger partial charge >= 0.3 is 0 Å². The number of amides is 1. The molecule has 3 N–H and O–H groups in total. The van der Waals surface area contributed by atoms with Gasteiger partial charge in [0, 0.05) is 19.0 Å². The van der Waals surface area contributed by atoms with Crippen LogP contribution in [0.3, 0.4) is 0 Å². The van der Waals surface area contributed by atoms with Crippen LogP contribution < -0.4 is 11.3 Å². The Balaban J connectivity index is 2.27. The van der Waals surface area contributed by atoms with Crippen LogP contribution in [0.2, 0.25) is 0 Å². The minimum Gasteiger partial charge on any atom is -0.300 e. The van der Waals surface area contributed by atoms with Crippen molar-refractivity contribution in [3.05, 3.63) is 0 Å². The van der Waals surface area contributed by atoms with Crippen LogP contribution in [0.4, 0.5) is 0 Å². The summed E-state index contributed by atoms with van der Waals surface area (Å²) >= 11 is 0. The Labute approximate surface area is 98.5 Å². The van der Waals surface area contributed by atoms with Gasteiger partial charge in [-0.3, -0.25) is 10.2 Å². The lowest BCUT2D eigenvalue weighted by Gasteiger charge is -2.28. The normalized spacial score (nSPS) is 17.5. The molecule has 1 unspecified atom stereocenters. The van der Waals surface area contributed by atoms with Crippen LogP contribution in [0, 0.1) is 5.92 Å². The van der Waals surface area contributed by atoms with E-state index in [1.165, 1.54) is 25.8 Å². The summed E-state index contributed by atoms with van der Waals surface area (Å²) in [6, 6.07) is 0.484. The topological polar surface area (TPSA) is 58.4 Å². The highest BCUT2D eigenvalue weighted by molar-refractivity contribution is 5.75. The molecule has 1 aliphatic carbocycles. The zero-order valence-electron chi connectivity index (χ0n) is 10.5. The van der Waals surface area contributed by atoms with E-state index in [1.807, 2.05) is 0 Å². The molecule has 4 nitrogen and oxygen atoms in total. The standard InChI is InChI=1S/C12H25N3O/c1-3-8-15(9-11-5-6-11)10(2)4-7-12(16)14-13/h10-11H,3-9,13H2,1-2H3,(H,14,16). The molecule has 0 heterocycles. The number of hydrogen-bond donors (Lipinski definition) is 2. The molecule has 1 aliphatic rings. The van der Waals surface area contributed by atoms with Gasteiger partial charge in [-0.2, -0.15) is 0 Å². The Bertz CT molecular complexity index is 216. The predicted molar refractivity (Wildman–Crippen MR) is 65.6 cm³/mol. The van der Waals surface area contributed by atoms with Crippen molar-refractivity contribution in [2.24, 2.45) is 11.8 Å². The molecule has 0 aromatic rings. The fourth-order valence-corrected chi connectivity index (χ4v) is 2.01. The molecule has 0 aromatic carbocycles. The van der Waals surface area contributed by atoms with E-state index in [4.69, 9.17) is 5.84 Å². The molecule has 0 bridgehead atoms. The van der Waals surface area contributed by atoms with E-state index < -0.39 is 0 Å². The second-order valence-electron chi connectivity index (χ2n) is 4.89. The molecule has 1 amide bonds. The molecule has 0 aromatic heterocycles. The molecule has 1 rings (SSSR count). The molecule has 94 valence electrons. The van der Waals surface area contributed by atoms with Gasteiger partial charge in [0.15, 0.2) is 0 Å². The molecule has 1 saturated carbocycles. The molecular formula is C12H25N3O. The number of hydrazine groups is 1. The summed E-state index contributed by atoms with van der Waals surface area (Å²) in [4.78, 5) is 13.6. The lowest BCUT2D eigenvalue weighted by Crippen LogP contribution is -2.37. The molecule has 0 radical (unpaired) electrons. The summed E-state index contributed by atoms with van der Waals surface area (Å²) in [5, 5.41) is 0. The van der Waals surface area contributed by atoms with E-state index in [0.717, 1.165) is 18.9 Å². The maximum atomic E-state index is 11.1. The monoisotopic (exact) mass is 227 g/mol. The van der Waals surface area contributed by atoms with Crippen LogP contribution in [0.15, 0.2) is 0 Å². The average molecular weight is 227 g/mol. The highest BCUT2D eigenvalue weighted by Crippen LogP contribution is 2.30. The number of rotatable bonds is 8. The summed E-state index contributed by atoms with van der Waals surface area (Å²) in [5.74, 6) is 5.92. The molecule has 1 fully saturated rings. The summed E-state index contributed by atoms with van der Waals surface area (Å²) < 4.78 is 0. The van der Waals surface area contributed by atoms with Crippen LogP contribution in [0.1, 0.15) is 46.0 Å². The quantitative estimate of drug-likeness (QED) is 0.373. The van der Waals surface area contributed by atoms with E-state index in [-0.39, 0.29) is 5.91 Å². The highest BCUT2D eigenvalue weighted by Gasteiger charge is 2.26. The van der Waals surface area contributed by atoms with E-state index in [2.05, 4.69) is 24.2 Å². The number of carbonyl (C=O) groups excluding carboxylic acids is 1. The summed E-state index contributed by atoms with van der Waals surface area (Å²) in [5.41, 5.74) is 2.19. The van der Waals surface area contributed by atoms with Crippen LogP contribution >= 0.6 is 0 Å². The van der Waals surface area contributed by atoms with E-state index in [0.29, 0.717) is 12.5 Å². The number of nitrogens with one attached hydrogen (secondary N) is 1. The Morgan fingerprint density at radius 2 is 2.25 bits per heavy atom. The zero-order valence-corrected chi connectivity index (χ0v) is 10.5. The first-order chi connectivity index (χ1) is 7.67. The van der Waals surface area contributed by atoms with Crippen molar-refractivity contribution in [1.82, 2.24) is 10.3 Å². The number of hydrogen-bond acceptors (Lipinski definition) is 3.